The molecule has 2 heterocycles. The van der Waals surface area contributed by atoms with E-state index in [2.05, 4.69) is 167 Å². The molecule has 0 aliphatic heterocycles. The minimum atomic E-state index is -5.17. The van der Waals surface area contributed by atoms with Crippen LogP contribution >= 0.6 is 14.5 Å². The van der Waals surface area contributed by atoms with Crippen molar-refractivity contribution >= 4 is 81.0 Å². The van der Waals surface area contributed by atoms with Gasteiger partial charge in [-0.15, -0.1) is 0 Å². The Bertz CT molecular complexity index is 2470. The number of hydrazone groups is 2. The lowest BCUT2D eigenvalue weighted by Crippen LogP contribution is -2.35. The molecule has 0 atom stereocenters. The smallest absolute Gasteiger partial charge is 0.243 e. The Balaban J connectivity index is 0.000000201. The minimum absolute atomic E-state index is 0.116. The molecule has 0 aliphatic carbocycles. The van der Waals surface area contributed by atoms with Crippen molar-refractivity contribution in [2.24, 2.45) is 10.2 Å². The number of hydrogen-bond acceptors (Lipinski definition) is 10. The van der Waals surface area contributed by atoms with Crippen LogP contribution in [0.4, 0.5) is 0 Å². The first kappa shape index (κ1) is 49.3. The van der Waals surface area contributed by atoms with E-state index in [9.17, 15) is 9.59 Å². The lowest BCUT2D eigenvalue weighted by Gasteiger charge is -2.27. The molecule has 15 heteroatoms. The van der Waals surface area contributed by atoms with Gasteiger partial charge in [0.1, 0.15) is 57.9 Å². The third-order valence-corrected chi connectivity index (χ3v) is 19.2. The average Bonchev–Trinajstić information content (AvgIpc) is 4.09. The highest BCUT2D eigenvalue weighted by Crippen LogP contribution is 2.56. The molecule has 12 nitrogen and oxygen atoms in total. The van der Waals surface area contributed by atoms with E-state index in [-0.39, 0.29) is 11.8 Å². The van der Waals surface area contributed by atoms with Gasteiger partial charge in [0, 0.05) is 10.4 Å². The van der Waals surface area contributed by atoms with Crippen molar-refractivity contribution < 1.29 is 35.9 Å². The zero-order valence-electron chi connectivity index (χ0n) is 36.2. The van der Waals surface area contributed by atoms with Gasteiger partial charge in [-0.1, -0.05) is 109 Å². The molecule has 8 aromatic rings. The quantitative estimate of drug-likeness (QED) is 0.0344. The van der Waals surface area contributed by atoms with E-state index >= 15 is 0 Å². The highest BCUT2D eigenvalue weighted by atomic mass is 32.3. The van der Waals surface area contributed by atoms with E-state index in [0.717, 1.165) is 0 Å². The van der Waals surface area contributed by atoms with Gasteiger partial charge in [0.05, 0.1) is 50.1 Å². The molecule has 2 amide bonds. The number of rotatable bonds is 16. The van der Waals surface area contributed by atoms with Crippen LogP contribution in [0.2, 0.25) is 0 Å². The summed E-state index contributed by atoms with van der Waals surface area (Å²) in [4.78, 5) is 25.3. The van der Waals surface area contributed by atoms with E-state index in [1.165, 1.54) is 44.3 Å². The van der Waals surface area contributed by atoms with E-state index < -0.39 is 24.9 Å². The average molecular weight is 951 g/mol. The van der Waals surface area contributed by atoms with Crippen molar-refractivity contribution in [1.29, 1.82) is 0 Å². The van der Waals surface area contributed by atoms with E-state index in [1.807, 2.05) is 36.4 Å². The van der Waals surface area contributed by atoms with E-state index in [0.29, 0.717) is 36.7 Å². The first-order valence-corrected chi connectivity index (χ1v) is 26.3. The molecule has 0 unspecified atom stereocenters. The molecule has 340 valence electrons. The third kappa shape index (κ3) is 14.4. The number of carbonyl (C=O) groups is 2. The number of benzene rings is 6. The summed E-state index contributed by atoms with van der Waals surface area (Å²) >= 11 is 0. The van der Waals surface area contributed by atoms with Crippen LogP contribution in [0.3, 0.4) is 0 Å². The summed E-state index contributed by atoms with van der Waals surface area (Å²) < 4.78 is 44.5. The maximum absolute atomic E-state index is 12.7. The maximum atomic E-state index is 12.7. The van der Waals surface area contributed by atoms with Crippen molar-refractivity contribution in [2.75, 3.05) is 12.3 Å². The van der Waals surface area contributed by atoms with Gasteiger partial charge >= 0.3 is 0 Å². The van der Waals surface area contributed by atoms with Crippen molar-refractivity contribution in [1.82, 2.24) is 10.9 Å². The van der Waals surface area contributed by atoms with Gasteiger partial charge in [-0.25, -0.2) is 10.9 Å². The fourth-order valence-electron chi connectivity index (χ4n) is 7.48. The monoisotopic (exact) mass is 950 g/mol. The first-order valence-electron chi connectivity index (χ1n) is 21.1. The topological polar surface area (TPSA) is 189 Å². The van der Waals surface area contributed by atoms with Crippen LogP contribution in [0.15, 0.2) is 238 Å². The summed E-state index contributed by atoms with van der Waals surface area (Å²) in [6, 6.07) is 70.4. The molecular weight excluding hydrogens is 903 g/mol. The predicted molar refractivity (Wildman–Crippen MR) is 269 cm³/mol. The normalized spacial score (nSPS) is 11.5. The third-order valence-electron chi connectivity index (χ3n) is 10.4. The second-order valence-electron chi connectivity index (χ2n) is 14.6. The Morgan fingerprint density at radius 3 is 0.881 bits per heavy atom. The second kappa shape index (κ2) is 25.0. The predicted octanol–water partition coefficient (Wildman–Crippen LogP) is 6.89. The Labute approximate surface area is 391 Å². The molecule has 0 saturated heterocycles. The zero-order valence-corrected chi connectivity index (χ0v) is 38.8. The van der Waals surface area contributed by atoms with Crippen LogP contribution in [0, 0.1) is 0 Å². The van der Waals surface area contributed by atoms with Gasteiger partial charge in [0.2, 0.25) is 11.8 Å². The molecule has 0 fully saturated rings. The van der Waals surface area contributed by atoms with E-state index in [1.54, 1.807) is 36.8 Å². The summed E-state index contributed by atoms with van der Waals surface area (Å²) in [5.41, 5.74) is 5.27. The highest BCUT2D eigenvalue weighted by Gasteiger charge is 2.46. The Kier molecular flexibility index (Phi) is 18.4. The van der Waals surface area contributed by atoms with Gasteiger partial charge in [-0.3, -0.25) is 18.0 Å². The van der Waals surface area contributed by atoms with Crippen molar-refractivity contribution in [2.45, 2.75) is 12.8 Å². The summed E-state index contributed by atoms with van der Waals surface area (Å²) in [5, 5.41) is 15.6. The Morgan fingerprint density at radius 2 is 0.672 bits per heavy atom. The molecule has 0 saturated carbocycles. The SMILES string of the molecule is O=C(CC[P+](c1ccccc1)(c1ccccc1)c1ccccc1)N/N=C/c1ccco1.O=C(CC[P+](c1ccccc1)(c1ccccc1)c1ccccc1)N/N=C/c1ccco1.O=S(=O)([O-])[O-]. The van der Waals surface area contributed by atoms with Gasteiger partial charge in [-0.05, 0) is 97.1 Å². The summed E-state index contributed by atoms with van der Waals surface area (Å²) in [7, 11) is -9.20. The number of nitrogens with zero attached hydrogens (tertiary/aromatic N) is 2. The molecule has 6 aromatic carbocycles. The molecule has 0 aliphatic rings. The van der Waals surface area contributed by atoms with Crippen molar-refractivity contribution in [3.05, 3.63) is 230 Å². The minimum Gasteiger partial charge on any atom is -0.759 e. The zero-order chi connectivity index (χ0) is 47.2. The first-order chi connectivity index (χ1) is 32.6. The lowest BCUT2D eigenvalue weighted by atomic mass is 10.3. The van der Waals surface area contributed by atoms with Crippen LogP contribution in [0.25, 0.3) is 0 Å². The molecule has 0 spiro atoms. The number of carbonyl (C=O) groups excluding carboxylic acids is 2. The van der Waals surface area contributed by atoms with Crippen LogP contribution in [0.1, 0.15) is 24.4 Å². The van der Waals surface area contributed by atoms with Gasteiger partial charge in [0.25, 0.3) is 0 Å². The Morgan fingerprint density at radius 1 is 0.433 bits per heavy atom. The second-order valence-corrected chi connectivity index (χ2v) is 22.7. The van der Waals surface area contributed by atoms with Crippen LogP contribution in [-0.4, -0.2) is 54.1 Å². The molecule has 2 N–H and O–H groups in total. The van der Waals surface area contributed by atoms with Gasteiger partial charge in [-0.2, -0.15) is 10.2 Å². The number of furan rings is 2. The number of amides is 2. The Hall–Kier alpha value is -7.11. The van der Waals surface area contributed by atoms with Gasteiger partial charge < -0.3 is 17.9 Å². The largest absolute Gasteiger partial charge is 0.759 e. The van der Waals surface area contributed by atoms with E-state index in [4.69, 9.17) is 26.4 Å². The molecular formula is C52H48N4O8P2S. The van der Waals surface area contributed by atoms with Crippen molar-refractivity contribution in [3.63, 3.8) is 0 Å². The highest BCUT2D eigenvalue weighted by molar-refractivity contribution is 7.96. The maximum Gasteiger partial charge on any atom is 0.243 e. The number of hydrogen-bond donors (Lipinski definition) is 2. The van der Waals surface area contributed by atoms with Crippen LogP contribution < -0.4 is 42.7 Å². The fourth-order valence-corrected chi connectivity index (χ4v) is 16.0. The molecule has 67 heavy (non-hydrogen) atoms. The molecule has 8 rings (SSSR count). The standard InChI is InChI=1S/2C26H23N2O2P.H2O4S/c2*29-26(28-27-21-22-11-10-19-30-22)18-20-31(23-12-4-1-5-13-23,24-14-6-2-7-15-24)25-16-8-3-9-17-25;1-5(2,3)4/h2*1-17,19,21H,18,20H2;(H2,1,2,3,4)/b2*27-21+;. The van der Waals surface area contributed by atoms with Crippen LogP contribution in [0.5, 0.6) is 0 Å². The fraction of sp³-hybridized carbons (Fsp3) is 0.0769. The summed E-state index contributed by atoms with van der Waals surface area (Å²) in [5.74, 6) is 0.963. The number of nitrogens with one attached hydrogen (secondary N) is 2. The summed E-state index contributed by atoms with van der Waals surface area (Å²) in [6.07, 6.45) is 8.31. The van der Waals surface area contributed by atoms with Crippen LogP contribution in [-0.2, 0) is 20.0 Å². The van der Waals surface area contributed by atoms with Crippen molar-refractivity contribution in [3.8, 4) is 0 Å². The molecule has 0 radical (unpaired) electrons. The lowest BCUT2D eigenvalue weighted by molar-refractivity contribution is -0.121. The van der Waals surface area contributed by atoms with Gasteiger partial charge in [0.15, 0.2) is 0 Å². The summed E-state index contributed by atoms with van der Waals surface area (Å²) in [6.45, 7) is 0. The molecule has 2 aromatic heterocycles. The molecule has 0 bridgehead atoms.